The summed E-state index contributed by atoms with van der Waals surface area (Å²) in [6, 6.07) is 4.09. The fourth-order valence-electron chi connectivity index (χ4n) is 2.45. The Morgan fingerprint density at radius 3 is 2.86 bits per heavy atom. The van der Waals surface area contributed by atoms with Crippen LogP contribution in [0.2, 0.25) is 0 Å². The first-order chi connectivity index (χ1) is 10.7. The molecule has 1 aliphatic rings. The molecule has 0 aromatic carbocycles. The Morgan fingerprint density at radius 1 is 1.32 bits per heavy atom. The molecule has 0 saturated carbocycles. The molecular formula is C15H21N5OS. The molecular weight excluding hydrogens is 298 g/mol. The molecule has 0 atom stereocenters. The minimum atomic E-state index is 0.0262. The standard InChI is InChI=1S/C15H21N5OS/c1-18-7-9-19(10-8-18)15(21)16-4-6-20-5-2-14(17-20)13-3-11-22-12-13/h2-3,5,11-12H,4,6-10H2,1H3,(H,16,21). The number of likely N-dealkylation sites (N-methyl/N-ethyl adjacent to an activating group) is 1. The average Bonchev–Trinajstić information content (AvgIpc) is 3.19. The van der Waals surface area contributed by atoms with Gasteiger partial charge in [-0.1, -0.05) is 0 Å². The van der Waals surface area contributed by atoms with E-state index in [1.807, 2.05) is 27.2 Å². The van der Waals surface area contributed by atoms with Crippen molar-refractivity contribution >= 4 is 17.4 Å². The molecule has 22 heavy (non-hydrogen) atoms. The van der Waals surface area contributed by atoms with Gasteiger partial charge in [-0.25, -0.2) is 4.79 Å². The number of aromatic nitrogens is 2. The van der Waals surface area contributed by atoms with E-state index >= 15 is 0 Å². The zero-order valence-electron chi connectivity index (χ0n) is 12.7. The molecule has 2 aromatic heterocycles. The van der Waals surface area contributed by atoms with Crippen molar-refractivity contribution in [2.24, 2.45) is 0 Å². The molecule has 1 saturated heterocycles. The van der Waals surface area contributed by atoms with Gasteiger partial charge in [-0.05, 0) is 24.6 Å². The van der Waals surface area contributed by atoms with E-state index in [-0.39, 0.29) is 6.03 Å². The molecule has 0 spiro atoms. The Hall–Kier alpha value is -1.86. The zero-order valence-corrected chi connectivity index (χ0v) is 13.6. The SMILES string of the molecule is CN1CCN(C(=O)NCCn2ccc(-c3ccsc3)n2)CC1. The van der Waals surface area contributed by atoms with Crippen LogP contribution in [0.4, 0.5) is 4.79 Å². The van der Waals surface area contributed by atoms with Crippen LogP contribution in [-0.4, -0.2) is 65.4 Å². The van der Waals surface area contributed by atoms with E-state index in [2.05, 4.69) is 33.8 Å². The van der Waals surface area contributed by atoms with Crippen molar-refractivity contribution < 1.29 is 4.79 Å². The Morgan fingerprint density at radius 2 is 2.14 bits per heavy atom. The first-order valence-corrected chi connectivity index (χ1v) is 8.44. The van der Waals surface area contributed by atoms with Crippen molar-refractivity contribution in [3.8, 4) is 11.3 Å². The van der Waals surface area contributed by atoms with Crippen molar-refractivity contribution in [3.05, 3.63) is 29.1 Å². The summed E-state index contributed by atoms with van der Waals surface area (Å²) in [6.45, 7) is 4.76. The van der Waals surface area contributed by atoms with Crippen molar-refractivity contribution in [1.29, 1.82) is 0 Å². The summed E-state index contributed by atoms with van der Waals surface area (Å²) in [5.41, 5.74) is 2.12. The van der Waals surface area contributed by atoms with Crippen LogP contribution in [-0.2, 0) is 6.54 Å². The number of thiophene rings is 1. The number of urea groups is 1. The third-order valence-electron chi connectivity index (χ3n) is 3.87. The second kappa shape index (κ2) is 6.93. The highest BCUT2D eigenvalue weighted by Gasteiger charge is 2.18. The van der Waals surface area contributed by atoms with E-state index in [9.17, 15) is 4.79 Å². The number of nitrogens with one attached hydrogen (secondary N) is 1. The van der Waals surface area contributed by atoms with Crippen molar-refractivity contribution in [3.63, 3.8) is 0 Å². The number of hydrogen-bond acceptors (Lipinski definition) is 4. The van der Waals surface area contributed by atoms with Crippen LogP contribution in [0.1, 0.15) is 0 Å². The maximum absolute atomic E-state index is 12.1. The molecule has 0 aliphatic carbocycles. The molecule has 3 rings (SSSR count). The topological polar surface area (TPSA) is 53.4 Å². The van der Waals surface area contributed by atoms with E-state index in [1.54, 1.807) is 11.3 Å². The highest BCUT2D eigenvalue weighted by Crippen LogP contribution is 2.19. The predicted molar refractivity (Wildman–Crippen MR) is 88.0 cm³/mol. The summed E-state index contributed by atoms with van der Waals surface area (Å²) >= 11 is 1.67. The van der Waals surface area contributed by atoms with Gasteiger partial charge in [-0.2, -0.15) is 16.4 Å². The first kappa shape index (κ1) is 15.1. The van der Waals surface area contributed by atoms with E-state index in [0.29, 0.717) is 13.1 Å². The van der Waals surface area contributed by atoms with Gasteiger partial charge in [0.25, 0.3) is 0 Å². The van der Waals surface area contributed by atoms with Crippen LogP contribution in [0.3, 0.4) is 0 Å². The molecule has 6 nitrogen and oxygen atoms in total. The van der Waals surface area contributed by atoms with Crippen molar-refractivity contribution in [2.45, 2.75) is 6.54 Å². The molecule has 3 heterocycles. The van der Waals surface area contributed by atoms with Gasteiger partial charge in [0.2, 0.25) is 0 Å². The minimum Gasteiger partial charge on any atom is -0.336 e. The van der Waals surface area contributed by atoms with Gasteiger partial charge in [0.05, 0.1) is 12.2 Å². The summed E-state index contributed by atoms with van der Waals surface area (Å²) < 4.78 is 1.87. The third-order valence-corrected chi connectivity index (χ3v) is 4.55. The Kier molecular flexibility index (Phi) is 4.74. The van der Waals surface area contributed by atoms with Crippen LogP contribution in [0.5, 0.6) is 0 Å². The van der Waals surface area contributed by atoms with E-state index in [0.717, 1.165) is 37.4 Å². The lowest BCUT2D eigenvalue weighted by Gasteiger charge is -2.32. The molecule has 2 amide bonds. The number of carbonyl (C=O) groups is 1. The van der Waals surface area contributed by atoms with Gasteiger partial charge in [0.1, 0.15) is 0 Å². The first-order valence-electron chi connectivity index (χ1n) is 7.50. The third kappa shape index (κ3) is 3.66. The fourth-order valence-corrected chi connectivity index (χ4v) is 3.10. The molecule has 0 unspecified atom stereocenters. The van der Waals surface area contributed by atoms with Gasteiger partial charge in [0.15, 0.2) is 0 Å². The van der Waals surface area contributed by atoms with Crippen LogP contribution in [0.25, 0.3) is 11.3 Å². The smallest absolute Gasteiger partial charge is 0.317 e. The normalized spacial score (nSPS) is 16.0. The van der Waals surface area contributed by atoms with Gasteiger partial charge < -0.3 is 15.1 Å². The van der Waals surface area contributed by atoms with Crippen molar-refractivity contribution in [2.75, 3.05) is 39.8 Å². The summed E-state index contributed by atoms with van der Waals surface area (Å²) in [5, 5.41) is 11.6. The molecule has 0 bridgehead atoms. The van der Waals surface area contributed by atoms with Gasteiger partial charge in [-0.3, -0.25) is 4.68 Å². The molecule has 2 aromatic rings. The predicted octanol–water partition coefficient (Wildman–Crippen LogP) is 1.57. The average molecular weight is 319 g/mol. The molecule has 118 valence electrons. The quantitative estimate of drug-likeness (QED) is 0.931. The van der Waals surface area contributed by atoms with Gasteiger partial charge in [0, 0.05) is 49.9 Å². The largest absolute Gasteiger partial charge is 0.336 e. The number of rotatable bonds is 4. The van der Waals surface area contributed by atoms with Crippen LogP contribution >= 0.6 is 11.3 Å². The lowest BCUT2D eigenvalue weighted by Crippen LogP contribution is -2.51. The van der Waals surface area contributed by atoms with Gasteiger partial charge >= 0.3 is 6.03 Å². The van der Waals surface area contributed by atoms with Crippen LogP contribution in [0.15, 0.2) is 29.1 Å². The second-order valence-corrected chi connectivity index (χ2v) is 6.28. The van der Waals surface area contributed by atoms with E-state index in [4.69, 9.17) is 0 Å². The molecule has 0 radical (unpaired) electrons. The maximum Gasteiger partial charge on any atom is 0.317 e. The molecule has 1 fully saturated rings. The Bertz CT molecular complexity index is 601. The molecule has 1 N–H and O–H groups in total. The molecule has 1 aliphatic heterocycles. The van der Waals surface area contributed by atoms with Crippen LogP contribution in [0, 0.1) is 0 Å². The number of nitrogens with zero attached hydrogens (tertiary/aromatic N) is 4. The number of carbonyl (C=O) groups excluding carboxylic acids is 1. The Balaban J connectivity index is 1.44. The lowest BCUT2D eigenvalue weighted by molar-refractivity contribution is 0.154. The number of piperazine rings is 1. The minimum absolute atomic E-state index is 0.0262. The van der Waals surface area contributed by atoms with E-state index < -0.39 is 0 Å². The second-order valence-electron chi connectivity index (χ2n) is 5.50. The summed E-state index contributed by atoms with van der Waals surface area (Å²) in [7, 11) is 2.08. The fraction of sp³-hybridized carbons (Fsp3) is 0.467. The van der Waals surface area contributed by atoms with Gasteiger partial charge in [-0.15, -0.1) is 0 Å². The van der Waals surface area contributed by atoms with E-state index in [1.165, 1.54) is 0 Å². The Labute approximate surface area is 134 Å². The lowest BCUT2D eigenvalue weighted by atomic mass is 10.2. The zero-order chi connectivity index (χ0) is 15.4. The summed E-state index contributed by atoms with van der Waals surface area (Å²) in [5.74, 6) is 0. The highest BCUT2D eigenvalue weighted by atomic mass is 32.1. The maximum atomic E-state index is 12.1. The number of amides is 2. The summed E-state index contributed by atoms with van der Waals surface area (Å²) in [4.78, 5) is 16.2. The van der Waals surface area contributed by atoms with Crippen molar-refractivity contribution in [1.82, 2.24) is 24.9 Å². The van der Waals surface area contributed by atoms with Crippen LogP contribution < -0.4 is 5.32 Å². The molecule has 7 heteroatoms. The summed E-state index contributed by atoms with van der Waals surface area (Å²) in [6.07, 6.45) is 1.95. The highest BCUT2D eigenvalue weighted by molar-refractivity contribution is 7.08. The number of hydrogen-bond donors (Lipinski definition) is 1. The monoisotopic (exact) mass is 319 g/mol.